The first-order chi connectivity index (χ1) is 13.5. The summed E-state index contributed by atoms with van der Waals surface area (Å²) in [4.78, 5) is 24.3. The van der Waals surface area contributed by atoms with E-state index in [1.54, 1.807) is 12.1 Å². The van der Waals surface area contributed by atoms with Crippen molar-refractivity contribution < 1.29 is 18.0 Å². The van der Waals surface area contributed by atoms with Crippen LogP contribution in [0.15, 0.2) is 53.4 Å². The van der Waals surface area contributed by atoms with Gasteiger partial charge in [0, 0.05) is 24.2 Å². The largest absolute Gasteiger partial charge is 0.352 e. The second kappa shape index (κ2) is 9.19. The SMILES string of the molecule is CNS(=O)(=O)c1ccc(NC(=O)CCNC(=O)c2ccc(C(C)(C)C)cc2)cc1. The van der Waals surface area contributed by atoms with Crippen LogP contribution in [0.25, 0.3) is 0 Å². The molecule has 29 heavy (non-hydrogen) atoms. The summed E-state index contributed by atoms with van der Waals surface area (Å²) in [5, 5.41) is 5.39. The molecule has 7 nitrogen and oxygen atoms in total. The van der Waals surface area contributed by atoms with Gasteiger partial charge in [-0.1, -0.05) is 32.9 Å². The Hall–Kier alpha value is -2.71. The number of nitrogens with one attached hydrogen (secondary N) is 3. The molecule has 0 heterocycles. The van der Waals surface area contributed by atoms with E-state index in [-0.39, 0.29) is 35.1 Å². The number of benzene rings is 2. The number of carbonyl (C=O) groups excluding carboxylic acids is 2. The molecule has 2 aromatic rings. The fourth-order valence-electron chi connectivity index (χ4n) is 2.57. The topological polar surface area (TPSA) is 104 Å². The van der Waals surface area contributed by atoms with Crippen LogP contribution in [0, 0.1) is 0 Å². The molecule has 0 unspecified atom stereocenters. The van der Waals surface area contributed by atoms with Crippen molar-refractivity contribution in [2.24, 2.45) is 0 Å². The molecule has 0 aromatic heterocycles. The number of hydrogen-bond acceptors (Lipinski definition) is 4. The molecule has 2 rings (SSSR count). The molecular formula is C21H27N3O4S. The summed E-state index contributed by atoms with van der Waals surface area (Å²) >= 11 is 0. The van der Waals surface area contributed by atoms with E-state index in [0.29, 0.717) is 11.3 Å². The monoisotopic (exact) mass is 417 g/mol. The molecule has 0 aliphatic carbocycles. The molecular weight excluding hydrogens is 390 g/mol. The van der Waals surface area contributed by atoms with Gasteiger partial charge in [-0.25, -0.2) is 13.1 Å². The van der Waals surface area contributed by atoms with Crippen molar-refractivity contribution in [3.05, 3.63) is 59.7 Å². The Balaban J connectivity index is 1.83. The lowest BCUT2D eigenvalue weighted by Gasteiger charge is -2.19. The molecule has 2 aromatic carbocycles. The summed E-state index contributed by atoms with van der Waals surface area (Å²) in [6.45, 7) is 6.51. The number of hydrogen-bond donors (Lipinski definition) is 3. The van der Waals surface area contributed by atoms with Crippen LogP contribution in [0.3, 0.4) is 0 Å². The lowest BCUT2D eigenvalue weighted by molar-refractivity contribution is -0.116. The average Bonchev–Trinajstić information content (AvgIpc) is 2.67. The number of sulfonamides is 1. The first-order valence-electron chi connectivity index (χ1n) is 9.25. The van der Waals surface area contributed by atoms with Gasteiger partial charge in [0.15, 0.2) is 0 Å². The average molecular weight is 418 g/mol. The summed E-state index contributed by atoms with van der Waals surface area (Å²) in [7, 11) is -2.18. The minimum Gasteiger partial charge on any atom is -0.352 e. The third-order valence-electron chi connectivity index (χ3n) is 4.37. The fraction of sp³-hybridized carbons (Fsp3) is 0.333. The molecule has 0 saturated carbocycles. The Morgan fingerprint density at radius 2 is 1.52 bits per heavy atom. The second-order valence-electron chi connectivity index (χ2n) is 7.61. The summed E-state index contributed by atoms with van der Waals surface area (Å²) < 4.78 is 25.6. The maximum Gasteiger partial charge on any atom is 0.251 e. The molecule has 0 spiro atoms. The van der Waals surface area contributed by atoms with E-state index in [9.17, 15) is 18.0 Å². The summed E-state index contributed by atoms with van der Waals surface area (Å²) in [6, 6.07) is 13.2. The molecule has 0 radical (unpaired) electrons. The second-order valence-corrected chi connectivity index (χ2v) is 9.50. The highest BCUT2D eigenvalue weighted by molar-refractivity contribution is 7.89. The molecule has 0 aliphatic rings. The predicted molar refractivity (Wildman–Crippen MR) is 113 cm³/mol. The van der Waals surface area contributed by atoms with Crippen LogP contribution in [0.4, 0.5) is 5.69 Å². The molecule has 156 valence electrons. The van der Waals surface area contributed by atoms with Gasteiger partial charge < -0.3 is 10.6 Å². The van der Waals surface area contributed by atoms with Gasteiger partial charge >= 0.3 is 0 Å². The van der Waals surface area contributed by atoms with Gasteiger partial charge in [-0.3, -0.25) is 9.59 Å². The zero-order valence-corrected chi connectivity index (χ0v) is 17.9. The van der Waals surface area contributed by atoms with Crippen LogP contribution in [-0.4, -0.2) is 33.8 Å². The first kappa shape index (κ1) is 22.6. The molecule has 2 amide bonds. The number of anilines is 1. The summed E-state index contributed by atoms with van der Waals surface area (Å²) in [6.07, 6.45) is 0.0996. The molecule has 0 atom stereocenters. The van der Waals surface area contributed by atoms with E-state index < -0.39 is 10.0 Å². The third-order valence-corrected chi connectivity index (χ3v) is 5.80. The van der Waals surface area contributed by atoms with Gasteiger partial charge in [0.2, 0.25) is 15.9 Å². The van der Waals surface area contributed by atoms with Crippen molar-refractivity contribution in [3.63, 3.8) is 0 Å². The Kier molecular flexibility index (Phi) is 7.16. The predicted octanol–water partition coefficient (Wildman–Crippen LogP) is 2.65. The Labute approximate surface area is 172 Å². The van der Waals surface area contributed by atoms with Gasteiger partial charge in [-0.2, -0.15) is 0 Å². The number of carbonyl (C=O) groups is 2. The maximum atomic E-state index is 12.2. The highest BCUT2D eigenvalue weighted by Gasteiger charge is 2.14. The Morgan fingerprint density at radius 3 is 2.03 bits per heavy atom. The zero-order chi connectivity index (χ0) is 21.7. The zero-order valence-electron chi connectivity index (χ0n) is 17.1. The molecule has 0 fully saturated rings. The van der Waals surface area contributed by atoms with Crippen LogP contribution in [-0.2, 0) is 20.2 Å². The van der Waals surface area contributed by atoms with E-state index in [2.05, 4.69) is 36.1 Å². The standard InChI is InChI=1S/C21H27N3O4S/c1-21(2,3)16-7-5-15(6-8-16)20(26)23-14-13-19(25)24-17-9-11-18(12-10-17)29(27,28)22-4/h5-12,22H,13-14H2,1-4H3,(H,23,26)(H,24,25). The fourth-order valence-corrected chi connectivity index (χ4v) is 3.30. The van der Waals surface area contributed by atoms with Gasteiger partial charge in [0.25, 0.3) is 5.91 Å². The van der Waals surface area contributed by atoms with Crippen molar-refractivity contribution >= 4 is 27.5 Å². The Bertz CT molecular complexity index is 960. The highest BCUT2D eigenvalue weighted by atomic mass is 32.2. The quantitative estimate of drug-likeness (QED) is 0.644. The number of rotatable bonds is 7. The van der Waals surface area contributed by atoms with E-state index >= 15 is 0 Å². The molecule has 3 N–H and O–H groups in total. The lowest BCUT2D eigenvalue weighted by Crippen LogP contribution is -2.27. The summed E-state index contributed by atoms with van der Waals surface area (Å²) in [5.41, 5.74) is 2.18. The normalized spacial score (nSPS) is 11.7. The van der Waals surface area contributed by atoms with Crippen LogP contribution in [0.1, 0.15) is 43.1 Å². The van der Waals surface area contributed by atoms with Crippen LogP contribution >= 0.6 is 0 Å². The minimum atomic E-state index is -3.51. The van der Waals surface area contributed by atoms with E-state index in [4.69, 9.17) is 0 Å². The van der Waals surface area contributed by atoms with E-state index in [1.165, 1.54) is 31.3 Å². The van der Waals surface area contributed by atoms with E-state index in [0.717, 1.165) is 5.56 Å². The summed E-state index contributed by atoms with van der Waals surface area (Å²) in [5.74, 6) is -0.516. The van der Waals surface area contributed by atoms with Gasteiger partial charge in [-0.15, -0.1) is 0 Å². The highest BCUT2D eigenvalue weighted by Crippen LogP contribution is 2.22. The lowest BCUT2D eigenvalue weighted by atomic mass is 9.87. The Morgan fingerprint density at radius 1 is 0.931 bits per heavy atom. The van der Waals surface area contributed by atoms with Crippen LogP contribution in [0.5, 0.6) is 0 Å². The smallest absolute Gasteiger partial charge is 0.251 e. The van der Waals surface area contributed by atoms with Crippen molar-refractivity contribution in [1.82, 2.24) is 10.0 Å². The van der Waals surface area contributed by atoms with Gasteiger partial charge in [0.1, 0.15) is 0 Å². The molecule has 0 bridgehead atoms. The van der Waals surface area contributed by atoms with Crippen molar-refractivity contribution in [2.75, 3.05) is 18.9 Å². The van der Waals surface area contributed by atoms with Crippen LogP contribution in [0.2, 0.25) is 0 Å². The third kappa shape index (κ3) is 6.40. The van der Waals surface area contributed by atoms with Crippen molar-refractivity contribution in [2.45, 2.75) is 37.5 Å². The number of amides is 2. The first-order valence-corrected chi connectivity index (χ1v) is 10.7. The molecule has 0 aliphatic heterocycles. The van der Waals surface area contributed by atoms with E-state index in [1.807, 2.05) is 12.1 Å². The molecule has 8 heteroatoms. The molecule has 0 saturated heterocycles. The van der Waals surface area contributed by atoms with Crippen molar-refractivity contribution in [3.8, 4) is 0 Å². The van der Waals surface area contributed by atoms with Gasteiger partial charge in [-0.05, 0) is 54.4 Å². The maximum absolute atomic E-state index is 12.2. The van der Waals surface area contributed by atoms with Gasteiger partial charge in [0.05, 0.1) is 4.90 Å². The minimum absolute atomic E-state index is 0.0164. The van der Waals surface area contributed by atoms with Crippen molar-refractivity contribution in [1.29, 1.82) is 0 Å². The van der Waals surface area contributed by atoms with Crippen LogP contribution < -0.4 is 15.4 Å².